The van der Waals surface area contributed by atoms with Crippen molar-refractivity contribution in [3.05, 3.63) is 50.6 Å². The van der Waals surface area contributed by atoms with Crippen LogP contribution in [0.15, 0.2) is 0 Å². The molecule has 0 atom stereocenters. The van der Waals surface area contributed by atoms with Gasteiger partial charge in [-0.25, -0.2) is 10.1 Å². The molecule has 0 spiro atoms. The molecule has 0 aromatic heterocycles. The molecule has 0 bridgehead atoms. The van der Waals surface area contributed by atoms with Crippen molar-refractivity contribution < 1.29 is 38.2 Å². The van der Waals surface area contributed by atoms with Gasteiger partial charge in [-0.1, -0.05) is 13.8 Å². The maximum atomic E-state index is 13.5. The van der Waals surface area contributed by atoms with Gasteiger partial charge in [0, 0.05) is 0 Å². The van der Waals surface area contributed by atoms with Crippen LogP contribution in [-0.4, -0.2) is 61.5 Å². The van der Waals surface area contributed by atoms with Gasteiger partial charge in [0.1, 0.15) is 19.7 Å². The van der Waals surface area contributed by atoms with E-state index in [-0.39, 0.29) is 0 Å². The molecule has 0 aliphatic carbocycles. The second-order valence-corrected chi connectivity index (χ2v) is 3.85. The van der Waals surface area contributed by atoms with Crippen LogP contribution in [0.25, 0.3) is 0 Å². The molecule has 17 nitrogen and oxygen atoms in total. The van der Waals surface area contributed by atoms with Crippen molar-refractivity contribution in [1.29, 1.82) is 0 Å². The normalized spacial score (nSPS) is 11.6. The number of halogens is 2. The lowest BCUT2D eigenvalue weighted by Crippen LogP contribution is -2.54. The second-order valence-electron chi connectivity index (χ2n) is 3.85. The van der Waals surface area contributed by atoms with Crippen molar-refractivity contribution in [3.63, 3.8) is 0 Å². The highest BCUT2D eigenvalue weighted by atomic mass is 19.2. The number of hydrogen-bond donors (Lipinski definition) is 0. The lowest BCUT2D eigenvalue weighted by molar-refractivity contribution is -0.843. The molecule has 24 heavy (non-hydrogen) atoms. The first-order valence-corrected chi connectivity index (χ1v) is 5.22. The van der Waals surface area contributed by atoms with Crippen molar-refractivity contribution in [1.82, 2.24) is 5.01 Å². The summed E-state index contributed by atoms with van der Waals surface area (Å²) < 4.78 is 30.7. The van der Waals surface area contributed by atoms with E-state index in [2.05, 4.69) is 4.74 Å². The summed E-state index contributed by atoms with van der Waals surface area (Å²) >= 11 is 0. The predicted molar refractivity (Wildman–Crippen MR) is 60.2 cm³/mol. The van der Waals surface area contributed by atoms with E-state index in [0.29, 0.717) is 0 Å². The van der Waals surface area contributed by atoms with Crippen molar-refractivity contribution >= 4 is 0 Å². The summed E-state index contributed by atoms with van der Waals surface area (Å²) in [5.41, 5.74) is 0. The van der Waals surface area contributed by atoms with Gasteiger partial charge in [-0.05, 0) is 0 Å². The largest absolute Gasteiger partial charge is 0.637 e. The van der Waals surface area contributed by atoms with Crippen LogP contribution in [0.5, 0.6) is 0 Å². The van der Waals surface area contributed by atoms with Gasteiger partial charge in [0.2, 0.25) is 6.61 Å². The van der Waals surface area contributed by atoms with E-state index in [0.717, 1.165) is 0 Å². The van der Waals surface area contributed by atoms with Crippen molar-refractivity contribution in [2.75, 3.05) is 19.9 Å². The minimum Gasteiger partial charge on any atom is -0.337 e. The first kappa shape index (κ1) is 20.6. The van der Waals surface area contributed by atoms with Crippen LogP contribution in [0.3, 0.4) is 0 Å². The molecule has 0 heterocycles. The molecule has 0 aliphatic heterocycles. The second kappa shape index (κ2) is 7.26. The Bertz CT molecular complexity index is 541. The van der Waals surface area contributed by atoms with Crippen molar-refractivity contribution in [3.8, 4) is 0 Å². The Morgan fingerprint density at radius 2 is 1.17 bits per heavy atom. The Morgan fingerprint density at radius 3 is 1.46 bits per heavy atom. The molecule has 0 radical (unpaired) electrons. The monoisotopic (exact) mass is 364 g/mol. The van der Waals surface area contributed by atoms with E-state index < -0.39 is 61.5 Å². The Kier molecular flexibility index (Phi) is 6.23. The number of rotatable bonds is 11. The highest BCUT2D eigenvalue weighted by molar-refractivity contribution is 4.56. The zero-order valence-electron chi connectivity index (χ0n) is 11.1. The van der Waals surface area contributed by atoms with E-state index in [4.69, 9.17) is 0 Å². The Labute approximate surface area is 127 Å². The molecule has 19 heteroatoms. The third-order valence-electron chi connectivity index (χ3n) is 2.26. The van der Waals surface area contributed by atoms with E-state index in [1.54, 1.807) is 0 Å². The van der Waals surface area contributed by atoms with Crippen LogP contribution in [0, 0.1) is 50.6 Å². The fraction of sp³-hybridized carbons (Fsp3) is 1.00. The summed E-state index contributed by atoms with van der Waals surface area (Å²) in [6, 6.07) is 0. The molecule has 0 aromatic rings. The highest BCUT2D eigenvalue weighted by Crippen LogP contribution is 2.17. The van der Waals surface area contributed by atoms with E-state index in [1.807, 2.05) is 0 Å². The summed E-state index contributed by atoms with van der Waals surface area (Å²) in [6.45, 7) is -5.78. The standard InChI is InChI=1S/C5H6F2N6O11/c6-4(9(14)15,10(16)17)1-8(13(22)23)3-24-2-5(7,11(18)19)12(20)21/h1-3H2. The third-order valence-corrected chi connectivity index (χ3v) is 2.26. The average Bonchev–Trinajstić information content (AvgIpc) is 2.44. The van der Waals surface area contributed by atoms with Crippen LogP contribution < -0.4 is 0 Å². The minimum atomic E-state index is -4.55. The van der Waals surface area contributed by atoms with Gasteiger partial charge in [0.25, 0.3) is 6.54 Å². The molecule has 0 N–H and O–H groups in total. The third kappa shape index (κ3) is 4.31. The number of alkyl halides is 2. The van der Waals surface area contributed by atoms with Gasteiger partial charge in [0.15, 0.2) is 11.8 Å². The Hall–Kier alpha value is -3.38. The Balaban J connectivity index is 5.11. The van der Waals surface area contributed by atoms with Gasteiger partial charge >= 0.3 is 11.8 Å². The molecule has 0 aromatic carbocycles. The number of ether oxygens (including phenoxy) is 1. The van der Waals surface area contributed by atoms with Crippen LogP contribution in [-0.2, 0) is 4.74 Å². The number of nitro groups is 5. The van der Waals surface area contributed by atoms with Gasteiger partial charge in [0.05, 0.1) is 0 Å². The zero-order valence-corrected chi connectivity index (χ0v) is 11.1. The molecule has 0 saturated carbocycles. The van der Waals surface area contributed by atoms with Gasteiger partial charge in [-0.15, -0.1) is 0 Å². The van der Waals surface area contributed by atoms with Crippen molar-refractivity contribution in [2.45, 2.75) is 11.8 Å². The van der Waals surface area contributed by atoms with E-state index >= 15 is 0 Å². The molecule has 0 amide bonds. The zero-order chi connectivity index (χ0) is 19.3. The minimum absolute atomic E-state index is 0.633. The number of nitrogens with zero attached hydrogens (tertiary/aromatic N) is 6. The lowest BCUT2D eigenvalue weighted by Gasteiger charge is -2.16. The molecular formula is C5H6F2N6O11. The maximum Gasteiger partial charge on any atom is 0.637 e. The molecule has 0 rings (SSSR count). The highest BCUT2D eigenvalue weighted by Gasteiger charge is 2.62. The number of hydrogen-bond acceptors (Lipinski definition) is 11. The fourth-order valence-electron chi connectivity index (χ4n) is 1.02. The lowest BCUT2D eigenvalue weighted by atomic mass is 10.4. The molecule has 0 fully saturated rings. The van der Waals surface area contributed by atoms with E-state index in [1.165, 1.54) is 0 Å². The summed E-state index contributed by atoms with van der Waals surface area (Å²) in [7, 11) is 0. The first-order valence-electron chi connectivity index (χ1n) is 5.22. The van der Waals surface area contributed by atoms with Crippen LogP contribution >= 0.6 is 0 Å². The SMILES string of the molecule is O=[N+]([O-])N(COCC(F)([N+](=O)[O-])[N+](=O)[O-])CC(F)([N+](=O)[O-])[N+](=O)[O-]. The topological polar surface area (TPSA) is 228 Å². The molecule has 0 saturated heterocycles. The van der Waals surface area contributed by atoms with Gasteiger partial charge in [-0.2, -0.15) is 0 Å². The smallest absolute Gasteiger partial charge is 0.337 e. The summed E-state index contributed by atoms with van der Waals surface area (Å²) in [4.78, 5) is 43.3. The van der Waals surface area contributed by atoms with E-state index in [9.17, 15) is 59.4 Å². The summed E-state index contributed by atoms with van der Waals surface area (Å²) in [6.07, 6.45) is 0. The first-order chi connectivity index (χ1) is 10.8. The predicted octanol–water partition coefficient (Wildman–Crippen LogP) is -1.19. The Morgan fingerprint density at radius 1 is 0.792 bits per heavy atom. The fourth-order valence-corrected chi connectivity index (χ4v) is 1.02. The van der Waals surface area contributed by atoms with Crippen molar-refractivity contribution in [2.24, 2.45) is 0 Å². The van der Waals surface area contributed by atoms with Gasteiger partial charge < -0.3 is 4.74 Å². The number of hydrazine groups is 1. The molecular weight excluding hydrogens is 358 g/mol. The van der Waals surface area contributed by atoms with Crippen LogP contribution in [0.1, 0.15) is 0 Å². The molecule has 0 aliphatic rings. The quantitative estimate of drug-likeness (QED) is 0.182. The molecule has 0 unspecified atom stereocenters. The summed E-state index contributed by atoms with van der Waals surface area (Å²) in [5.74, 6) is -8.95. The average molecular weight is 364 g/mol. The van der Waals surface area contributed by atoms with Crippen LogP contribution in [0.2, 0.25) is 0 Å². The van der Waals surface area contributed by atoms with Crippen LogP contribution in [0.4, 0.5) is 8.78 Å². The maximum absolute atomic E-state index is 13.5. The van der Waals surface area contributed by atoms with Gasteiger partial charge in [-0.3, -0.25) is 40.5 Å². The molecule has 136 valence electrons. The summed E-state index contributed by atoms with van der Waals surface area (Å²) in [5, 5.41) is 49.3.